The third-order valence-corrected chi connectivity index (χ3v) is 1.88. The van der Waals surface area contributed by atoms with Crippen LogP contribution in [0, 0.1) is 0 Å². The first kappa shape index (κ1) is 11.2. The van der Waals surface area contributed by atoms with Crippen molar-refractivity contribution in [1.82, 2.24) is 0 Å². The lowest BCUT2D eigenvalue weighted by Crippen LogP contribution is -2.04. The van der Waals surface area contributed by atoms with Crippen LogP contribution in [-0.2, 0) is 0 Å². The van der Waals surface area contributed by atoms with Crippen molar-refractivity contribution in [3.8, 4) is 5.75 Å². The zero-order chi connectivity index (χ0) is 11.1. The molecular formula is C12H16N2O. The van der Waals surface area contributed by atoms with Crippen LogP contribution in [-0.4, -0.2) is 18.2 Å². The van der Waals surface area contributed by atoms with Crippen LogP contribution in [0.1, 0.15) is 0 Å². The van der Waals surface area contributed by atoms with Crippen LogP contribution in [0.5, 0.6) is 5.75 Å². The molecule has 3 heteroatoms. The standard InChI is InChI=1S/C12H16N2O/c1-3-7-13-11-6-5-10(15)9-12(11)14-8-4-2/h3-6,9,13-15H,1-2,7-8H2. The summed E-state index contributed by atoms with van der Waals surface area (Å²) in [5.74, 6) is 0.241. The SMILES string of the molecule is C=CCNc1ccc(O)cc1NCC=C. The van der Waals surface area contributed by atoms with Crippen molar-refractivity contribution < 1.29 is 5.11 Å². The highest BCUT2D eigenvalue weighted by Gasteiger charge is 2.01. The lowest BCUT2D eigenvalue weighted by molar-refractivity contribution is 0.475. The highest BCUT2D eigenvalue weighted by molar-refractivity contribution is 5.70. The van der Waals surface area contributed by atoms with Gasteiger partial charge in [0.2, 0.25) is 0 Å². The Morgan fingerprint density at radius 1 is 1.07 bits per heavy atom. The molecule has 0 heterocycles. The molecule has 80 valence electrons. The fraction of sp³-hybridized carbons (Fsp3) is 0.167. The van der Waals surface area contributed by atoms with E-state index in [0.717, 1.165) is 11.4 Å². The van der Waals surface area contributed by atoms with Gasteiger partial charge in [-0.2, -0.15) is 0 Å². The third kappa shape index (κ3) is 3.38. The molecule has 0 aliphatic heterocycles. The van der Waals surface area contributed by atoms with Gasteiger partial charge in [0.1, 0.15) is 5.75 Å². The van der Waals surface area contributed by atoms with Crippen molar-refractivity contribution in [3.63, 3.8) is 0 Å². The summed E-state index contributed by atoms with van der Waals surface area (Å²) in [5.41, 5.74) is 1.80. The number of benzene rings is 1. The molecule has 0 aliphatic carbocycles. The van der Waals surface area contributed by atoms with Crippen LogP contribution in [0.25, 0.3) is 0 Å². The molecule has 3 nitrogen and oxygen atoms in total. The molecule has 0 aromatic heterocycles. The summed E-state index contributed by atoms with van der Waals surface area (Å²) in [7, 11) is 0. The van der Waals surface area contributed by atoms with E-state index in [-0.39, 0.29) is 5.75 Å². The number of hydrogen-bond acceptors (Lipinski definition) is 3. The van der Waals surface area contributed by atoms with Gasteiger partial charge in [-0.3, -0.25) is 0 Å². The van der Waals surface area contributed by atoms with Crippen molar-refractivity contribution >= 4 is 11.4 Å². The molecule has 0 saturated carbocycles. The average molecular weight is 204 g/mol. The van der Waals surface area contributed by atoms with Crippen molar-refractivity contribution in [2.24, 2.45) is 0 Å². The van der Waals surface area contributed by atoms with Crippen LogP contribution in [0.3, 0.4) is 0 Å². The molecule has 0 radical (unpaired) electrons. The number of phenols is 1. The maximum Gasteiger partial charge on any atom is 0.117 e. The van der Waals surface area contributed by atoms with E-state index >= 15 is 0 Å². The summed E-state index contributed by atoms with van der Waals surface area (Å²) in [5, 5.41) is 15.7. The van der Waals surface area contributed by atoms with Crippen LogP contribution < -0.4 is 10.6 Å². The molecule has 3 N–H and O–H groups in total. The minimum Gasteiger partial charge on any atom is -0.508 e. The van der Waals surface area contributed by atoms with Gasteiger partial charge >= 0.3 is 0 Å². The highest BCUT2D eigenvalue weighted by Crippen LogP contribution is 2.26. The zero-order valence-electron chi connectivity index (χ0n) is 8.66. The quantitative estimate of drug-likeness (QED) is 0.493. The molecule has 0 bridgehead atoms. The normalized spacial score (nSPS) is 9.33. The predicted octanol–water partition coefficient (Wildman–Crippen LogP) is 2.59. The topological polar surface area (TPSA) is 44.3 Å². The minimum atomic E-state index is 0.241. The first-order valence-electron chi connectivity index (χ1n) is 4.80. The molecule has 0 amide bonds. The predicted molar refractivity (Wildman–Crippen MR) is 65.5 cm³/mol. The lowest BCUT2D eigenvalue weighted by Gasteiger charge is -2.12. The fourth-order valence-corrected chi connectivity index (χ4v) is 1.20. The molecule has 0 aliphatic rings. The van der Waals surface area contributed by atoms with Crippen LogP contribution >= 0.6 is 0 Å². The Balaban J connectivity index is 2.81. The summed E-state index contributed by atoms with van der Waals surface area (Å²) in [6.07, 6.45) is 3.55. The van der Waals surface area contributed by atoms with Gasteiger partial charge in [0.15, 0.2) is 0 Å². The Morgan fingerprint density at radius 3 is 2.27 bits per heavy atom. The second kappa shape index (κ2) is 5.75. The van der Waals surface area contributed by atoms with Crippen molar-refractivity contribution in [2.45, 2.75) is 0 Å². The Kier molecular flexibility index (Phi) is 4.29. The average Bonchev–Trinajstić information content (AvgIpc) is 2.25. The van der Waals surface area contributed by atoms with Crippen LogP contribution in [0.2, 0.25) is 0 Å². The van der Waals surface area contributed by atoms with Crippen LogP contribution in [0.15, 0.2) is 43.5 Å². The number of hydrogen-bond donors (Lipinski definition) is 3. The van der Waals surface area contributed by atoms with E-state index in [4.69, 9.17) is 0 Å². The molecule has 1 aromatic carbocycles. The fourth-order valence-electron chi connectivity index (χ4n) is 1.20. The van der Waals surface area contributed by atoms with Gasteiger partial charge < -0.3 is 15.7 Å². The lowest BCUT2D eigenvalue weighted by atomic mass is 10.2. The van der Waals surface area contributed by atoms with E-state index in [0.29, 0.717) is 13.1 Å². The van der Waals surface area contributed by atoms with Gasteiger partial charge in [0, 0.05) is 19.2 Å². The molecule has 0 atom stereocenters. The highest BCUT2D eigenvalue weighted by atomic mass is 16.3. The Bertz CT molecular complexity index is 347. The van der Waals surface area contributed by atoms with Gasteiger partial charge in [-0.25, -0.2) is 0 Å². The van der Waals surface area contributed by atoms with Crippen LogP contribution in [0.4, 0.5) is 11.4 Å². The summed E-state index contributed by atoms with van der Waals surface area (Å²) < 4.78 is 0. The Labute approximate surface area is 90.1 Å². The van der Waals surface area contributed by atoms with Gasteiger partial charge in [0.25, 0.3) is 0 Å². The molecular weight excluding hydrogens is 188 g/mol. The molecule has 0 saturated heterocycles. The summed E-state index contributed by atoms with van der Waals surface area (Å²) in [6.45, 7) is 8.61. The summed E-state index contributed by atoms with van der Waals surface area (Å²) >= 11 is 0. The van der Waals surface area contributed by atoms with Crippen molar-refractivity contribution in [3.05, 3.63) is 43.5 Å². The maximum absolute atomic E-state index is 9.35. The number of phenolic OH excluding ortho intramolecular Hbond substituents is 1. The minimum absolute atomic E-state index is 0.241. The Morgan fingerprint density at radius 2 is 1.67 bits per heavy atom. The van der Waals surface area contributed by atoms with E-state index in [1.807, 2.05) is 6.07 Å². The largest absolute Gasteiger partial charge is 0.508 e. The molecule has 15 heavy (non-hydrogen) atoms. The van der Waals surface area contributed by atoms with E-state index < -0.39 is 0 Å². The molecule has 0 spiro atoms. The van der Waals surface area contributed by atoms with E-state index in [9.17, 15) is 5.11 Å². The van der Waals surface area contributed by atoms with E-state index in [1.54, 1.807) is 24.3 Å². The Hall–Kier alpha value is -1.90. The van der Waals surface area contributed by atoms with Gasteiger partial charge in [-0.05, 0) is 12.1 Å². The third-order valence-electron chi connectivity index (χ3n) is 1.88. The zero-order valence-corrected chi connectivity index (χ0v) is 8.66. The first-order valence-corrected chi connectivity index (χ1v) is 4.80. The second-order valence-electron chi connectivity index (χ2n) is 3.07. The summed E-state index contributed by atoms with van der Waals surface area (Å²) in [6, 6.07) is 5.14. The van der Waals surface area contributed by atoms with Crippen molar-refractivity contribution in [2.75, 3.05) is 23.7 Å². The monoisotopic (exact) mass is 204 g/mol. The number of aromatic hydroxyl groups is 1. The van der Waals surface area contributed by atoms with E-state index in [2.05, 4.69) is 23.8 Å². The number of nitrogens with one attached hydrogen (secondary N) is 2. The smallest absolute Gasteiger partial charge is 0.117 e. The maximum atomic E-state index is 9.35. The first-order chi connectivity index (χ1) is 7.27. The van der Waals surface area contributed by atoms with E-state index in [1.165, 1.54) is 0 Å². The summed E-state index contributed by atoms with van der Waals surface area (Å²) in [4.78, 5) is 0. The second-order valence-corrected chi connectivity index (χ2v) is 3.07. The number of anilines is 2. The van der Waals surface area contributed by atoms with Gasteiger partial charge in [0.05, 0.1) is 11.4 Å². The molecule has 0 fully saturated rings. The molecule has 1 aromatic rings. The molecule has 0 unspecified atom stereocenters. The van der Waals surface area contributed by atoms with Crippen molar-refractivity contribution in [1.29, 1.82) is 0 Å². The number of rotatable bonds is 6. The molecule has 1 rings (SSSR count). The van der Waals surface area contributed by atoms with Gasteiger partial charge in [-0.1, -0.05) is 12.2 Å². The van der Waals surface area contributed by atoms with Gasteiger partial charge in [-0.15, -0.1) is 13.2 Å².